The van der Waals surface area contributed by atoms with Crippen molar-refractivity contribution in [2.75, 3.05) is 17.6 Å². The van der Waals surface area contributed by atoms with Gasteiger partial charge >= 0.3 is 0 Å². The lowest BCUT2D eigenvalue weighted by molar-refractivity contribution is -0.120. The van der Waals surface area contributed by atoms with E-state index in [-0.39, 0.29) is 42.0 Å². The Balaban J connectivity index is 1.70. The molecule has 0 radical (unpaired) electrons. The molecule has 4 N–H and O–H groups in total. The molecule has 0 aliphatic rings. The largest absolute Gasteiger partial charge is 0.384 e. The molecule has 0 saturated carbocycles. The standard InChI is InChI=1S/C23H22F2N6O/c1-23(25,19-4-2-3-9-28-19)14-31-18-7-6-16(11-26)17(22(18)24)10-21(32)30-13-15-5-8-20(27)29-12-15/h2-9,12,31H,10,13-14H2,1H3,(H2,27,29)(H,30,32). The minimum absolute atomic E-state index is 0.00524. The molecular weight excluding hydrogens is 414 g/mol. The first-order valence-corrected chi connectivity index (χ1v) is 9.83. The smallest absolute Gasteiger partial charge is 0.224 e. The van der Waals surface area contributed by atoms with Gasteiger partial charge in [0.1, 0.15) is 5.82 Å². The molecule has 1 unspecified atom stereocenters. The van der Waals surface area contributed by atoms with Crippen molar-refractivity contribution in [2.45, 2.75) is 25.6 Å². The minimum atomic E-state index is -1.85. The Bertz CT molecular complexity index is 1130. The molecule has 0 spiro atoms. The van der Waals surface area contributed by atoms with Crippen LogP contribution in [0.5, 0.6) is 0 Å². The summed E-state index contributed by atoms with van der Waals surface area (Å²) >= 11 is 0. The topological polar surface area (TPSA) is 117 Å². The van der Waals surface area contributed by atoms with E-state index in [0.717, 1.165) is 5.56 Å². The Morgan fingerprint density at radius 3 is 2.69 bits per heavy atom. The number of hydrogen-bond acceptors (Lipinski definition) is 6. The average Bonchev–Trinajstić information content (AvgIpc) is 2.80. The molecule has 3 rings (SSSR count). The first-order valence-electron chi connectivity index (χ1n) is 9.83. The van der Waals surface area contributed by atoms with Gasteiger partial charge in [-0.25, -0.2) is 13.8 Å². The van der Waals surface area contributed by atoms with Gasteiger partial charge in [-0.1, -0.05) is 12.1 Å². The van der Waals surface area contributed by atoms with Crippen molar-refractivity contribution in [2.24, 2.45) is 0 Å². The van der Waals surface area contributed by atoms with Gasteiger partial charge in [0.2, 0.25) is 5.91 Å². The van der Waals surface area contributed by atoms with E-state index in [0.29, 0.717) is 5.82 Å². The molecule has 2 heterocycles. The van der Waals surface area contributed by atoms with E-state index in [1.165, 1.54) is 31.5 Å². The van der Waals surface area contributed by atoms with Gasteiger partial charge < -0.3 is 16.4 Å². The van der Waals surface area contributed by atoms with E-state index in [9.17, 15) is 10.1 Å². The fourth-order valence-electron chi connectivity index (χ4n) is 3.02. The van der Waals surface area contributed by atoms with Crippen LogP contribution in [0.15, 0.2) is 54.9 Å². The number of halogens is 2. The lowest BCUT2D eigenvalue weighted by Gasteiger charge is -2.21. The number of benzene rings is 1. The maximum absolute atomic E-state index is 15.1. The van der Waals surface area contributed by atoms with Gasteiger partial charge in [0.05, 0.1) is 36.0 Å². The highest BCUT2D eigenvalue weighted by Gasteiger charge is 2.28. The Kier molecular flexibility index (Phi) is 6.95. The predicted octanol–water partition coefficient (Wildman–Crippen LogP) is 3.23. The monoisotopic (exact) mass is 436 g/mol. The first-order chi connectivity index (χ1) is 15.3. The Labute approximate surface area is 184 Å². The minimum Gasteiger partial charge on any atom is -0.384 e. The summed E-state index contributed by atoms with van der Waals surface area (Å²) in [6.45, 7) is 1.27. The van der Waals surface area contributed by atoms with E-state index >= 15 is 8.78 Å². The normalized spacial score (nSPS) is 12.4. The molecule has 1 aromatic carbocycles. The van der Waals surface area contributed by atoms with Crippen molar-refractivity contribution in [3.8, 4) is 6.07 Å². The molecule has 164 valence electrons. The number of anilines is 2. The van der Waals surface area contributed by atoms with Crippen LogP contribution in [0.2, 0.25) is 0 Å². The fraction of sp³-hybridized carbons (Fsp3) is 0.217. The number of nitriles is 1. The Morgan fingerprint density at radius 1 is 1.22 bits per heavy atom. The molecule has 9 heteroatoms. The van der Waals surface area contributed by atoms with Gasteiger partial charge in [0, 0.05) is 24.5 Å². The highest BCUT2D eigenvalue weighted by Crippen LogP contribution is 2.27. The number of nitrogens with two attached hydrogens (primary N) is 1. The molecule has 0 bridgehead atoms. The zero-order valence-electron chi connectivity index (χ0n) is 17.4. The SMILES string of the molecule is CC(F)(CNc1ccc(C#N)c(CC(=O)NCc2ccc(N)nc2)c1F)c1ccccn1. The predicted molar refractivity (Wildman–Crippen MR) is 117 cm³/mol. The summed E-state index contributed by atoms with van der Waals surface area (Å²) in [5.74, 6) is -0.888. The molecular formula is C23H22F2N6O. The molecule has 0 aliphatic carbocycles. The van der Waals surface area contributed by atoms with E-state index in [1.807, 2.05) is 6.07 Å². The molecule has 0 aliphatic heterocycles. The van der Waals surface area contributed by atoms with Crippen LogP contribution in [0, 0.1) is 17.1 Å². The molecule has 3 aromatic rings. The van der Waals surface area contributed by atoms with Crippen LogP contribution in [0.3, 0.4) is 0 Å². The van der Waals surface area contributed by atoms with Crippen molar-refractivity contribution in [1.82, 2.24) is 15.3 Å². The van der Waals surface area contributed by atoms with Crippen molar-refractivity contribution < 1.29 is 13.6 Å². The Hall–Kier alpha value is -4.06. The molecule has 7 nitrogen and oxygen atoms in total. The third-order valence-corrected chi connectivity index (χ3v) is 4.85. The van der Waals surface area contributed by atoms with Gasteiger partial charge in [0.15, 0.2) is 11.5 Å². The van der Waals surface area contributed by atoms with Crippen LogP contribution >= 0.6 is 0 Å². The average molecular weight is 436 g/mol. The number of nitrogens with one attached hydrogen (secondary N) is 2. The maximum Gasteiger partial charge on any atom is 0.224 e. The molecule has 0 saturated heterocycles. The second-order valence-corrected chi connectivity index (χ2v) is 7.38. The quantitative estimate of drug-likeness (QED) is 0.499. The number of aromatic nitrogens is 2. The second-order valence-electron chi connectivity index (χ2n) is 7.38. The summed E-state index contributed by atoms with van der Waals surface area (Å²) in [5, 5.41) is 14.7. The van der Waals surface area contributed by atoms with Crippen LogP contribution in [0.4, 0.5) is 20.3 Å². The highest BCUT2D eigenvalue weighted by atomic mass is 19.1. The van der Waals surface area contributed by atoms with Crippen LogP contribution in [0.1, 0.15) is 29.3 Å². The van der Waals surface area contributed by atoms with Crippen molar-refractivity contribution in [3.05, 3.63) is 83.1 Å². The number of carbonyl (C=O) groups is 1. The van der Waals surface area contributed by atoms with E-state index in [4.69, 9.17) is 5.73 Å². The molecule has 32 heavy (non-hydrogen) atoms. The van der Waals surface area contributed by atoms with Gasteiger partial charge in [-0.05, 0) is 42.8 Å². The van der Waals surface area contributed by atoms with E-state index in [1.54, 1.807) is 30.3 Å². The summed E-state index contributed by atoms with van der Waals surface area (Å²) in [6, 6.07) is 12.8. The van der Waals surface area contributed by atoms with Gasteiger partial charge in [-0.3, -0.25) is 9.78 Å². The van der Waals surface area contributed by atoms with Gasteiger partial charge in [0.25, 0.3) is 0 Å². The van der Waals surface area contributed by atoms with E-state index in [2.05, 4.69) is 20.6 Å². The summed E-state index contributed by atoms with van der Waals surface area (Å²) in [4.78, 5) is 20.3. The number of pyridine rings is 2. The van der Waals surface area contributed by atoms with Crippen molar-refractivity contribution >= 4 is 17.4 Å². The summed E-state index contributed by atoms with van der Waals surface area (Å²) in [6.07, 6.45) is 2.66. The van der Waals surface area contributed by atoms with Gasteiger partial charge in [-0.2, -0.15) is 5.26 Å². The first kappa shape index (κ1) is 22.6. The molecule has 0 fully saturated rings. The third kappa shape index (κ3) is 5.55. The fourth-order valence-corrected chi connectivity index (χ4v) is 3.02. The summed E-state index contributed by atoms with van der Waals surface area (Å²) in [5.41, 5.74) is 4.56. The van der Waals surface area contributed by atoms with Crippen molar-refractivity contribution in [1.29, 1.82) is 5.26 Å². The number of carbonyl (C=O) groups excluding carboxylic acids is 1. The highest BCUT2D eigenvalue weighted by molar-refractivity contribution is 5.80. The maximum atomic E-state index is 15.1. The van der Waals surface area contributed by atoms with Crippen molar-refractivity contribution in [3.63, 3.8) is 0 Å². The van der Waals surface area contributed by atoms with Crippen LogP contribution in [-0.4, -0.2) is 22.4 Å². The van der Waals surface area contributed by atoms with Gasteiger partial charge in [-0.15, -0.1) is 0 Å². The number of amides is 1. The molecule has 1 atom stereocenters. The summed E-state index contributed by atoms with van der Waals surface area (Å²) < 4.78 is 30.1. The number of nitrogen functional groups attached to an aromatic ring is 1. The molecule has 2 aromatic heterocycles. The lowest BCUT2D eigenvalue weighted by Crippen LogP contribution is -2.28. The number of nitrogens with zero attached hydrogens (tertiary/aromatic N) is 3. The van der Waals surface area contributed by atoms with Crippen LogP contribution in [0.25, 0.3) is 0 Å². The number of hydrogen-bond donors (Lipinski definition) is 3. The van der Waals surface area contributed by atoms with Crippen LogP contribution < -0.4 is 16.4 Å². The molecule has 1 amide bonds. The Morgan fingerprint density at radius 2 is 2.03 bits per heavy atom. The van der Waals surface area contributed by atoms with Crippen LogP contribution in [-0.2, 0) is 23.4 Å². The zero-order chi connectivity index (χ0) is 23.1. The summed E-state index contributed by atoms with van der Waals surface area (Å²) in [7, 11) is 0. The number of alkyl halides is 1. The zero-order valence-corrected chi connectivity index (χ0v) is 17.4. The lowest BCUT2D eigenvalue weighted by atomic mass is 10.0. The third-order valence-electron chi connectivity index (χ3n) is 4.85. The number of rotatable bonds is 8. The second kappa shape index (κ2) is 9.83. The van der Waals surface area contributed by atoms with E-state index < -0.39 is 17.4 Å².